The van der Waals surface area contributed by atoms with Gasteiger partial charge in [-0.15, -0.1) is 0 Å². The van der Waals surface area contributed by atoms with Crippen molar-refractivity contribution in [3.63, 3.8) is 0 Å². The van der Waals surface area contributed by atoms with Crippen molar-refractivity contribution in [1.82, 2.24) is 0 Å². The van der Waals surface area contributed by atoms with Gasteiger partial charge in [0, 0.05) is 24.8 Å². The van der Waals surface area contributed by atoms with Crippen LogP contribution in [0.4, 0.5) is 11.4 Å². The number of hydrogen-bond acceptors (Lipinski definition) is 4. The van der Waals surface area contributed by atoms with Gasteiger partial charge in [0.1, 0.15) is 0 Å². The fourth-order valence-corrected chi connectivity index (χ4v) is 1.77. The van der Waals surface area contributed by atoms with Crippen molar-refractivity contribution in [2.45, 2.75) is 13.8 Å². The highest BCUT2D eigenvalue weighted by molar-refractivity contribution is 7.85. The molecular formula is C11H16N2O4S. The van der Waals surface area contributed by atoms with E-state index in [-0.39, 0.29) is 18.2 Å². The van der Waals surface area contributed by atoms with Crippen molar-refractivity contribution >= 4 is 27.4 Å². The molecule has 100 valence electrons. The number of hydrogen-bond donors (Lipinski definition) is 3. The normalized spacial score (nSPS) is 11.1. The molecule has 1 aromatic rings. The fraction of sp³-hybridized carbons (Fsp3) is 0.364. The van der Waals surface area contributed by atoms with E-state index in [1.165, 1.54) is 6.92 Å². The first-order chi connectivity index (χ1) is 8.28. The standard InChI is InChI=1S/C11H16N2O4S/c1-8-3-4-10(13-9(2)14)7-11(8)12-5-6-18(15,16)17/h3-4,7,12H,5-6H2,1-2H3,(H,13,14)(H,15,16,17). The molecule has 0 fully saturated rings. The third kappa shape index (κ3) is 5.15. The second-order valence-corrected chi connectivity index (χ2v) is 5.50. The highest BCUT2D eigenvalue weighted by atomic mass is 32.2. The molecule has 0 bridgehead atoms. The summed E-state index contributed by atoms with van der Waals surface area (Å²) in [6.45, 7) is 3.36. The van der Waals surface area contributed by atoms with Gasteiger partial charge in [0.05, 0.1) is 5.75 Å². The monoisotopic (exact) mass is 272 g/mol. The zero-order valence-electron chi connectivity index (χ0n) is 10.2. The van der Waals surface area contributed by atoms with Crippen LogP contribution in [0.2, 0.25) is 0 Å². The third-order valence-electron chi connectivity index (χ3n) is 2.23. The molecule has 7 heteroatoms. The number of aryl methyl sites for hydroxylation is 1. The largest absolute Gasteiger partial charge is 0.384 e. The predicted octanol–water partition coefficient (Wildman–Crippen LogP) is 1.25. The average Bonchev–Trinajstić information content (AvgIpc) is 2.20. The van der Waals surface area contributed by atoms with Gasteiger partial charge in [0.15, 0.2) is 0 Å². The molecule has 6 nitrogen and oxygen atoms in total. The van der Waals surface area contributed by atoms with Gasteiger partial charge in [-0.1, -0.05) is 6.07 Å². The Morgan fingerprint density at radius 1 is 1.39 bits per heavy atom. The molecule has 1 amide bonds. The summed E-state index contributed by atoms with van der Waals surface area (Å²) in [4.78, 5) is 10.9. The van der Waals surface area contributed by atoms with E-state index in [1.807, 2.05) is 6.92 Å². The lowest BCUT2D eigenvalue weighted by Gasteiger charge is -2.11. The first-order valence-corrected chi connectivity index (χ1v) is 6.96. The van der Waals surface area contributed by atoms with Gasteiger partial charge in [-0.3, -0.25) is 9.35 Å². The van der Waals surface area contributed by atoms with Crippen LogP contribution in [-0.2, 0) is 14.9 Å². The SMILES string of the molecule is CC(=O)Nc1ccc(C)c(NCCS(=O)(=O)O)c1. The summed E-state index contributed by atoms with van der Waals surface area (Å²) in [5, 5.41) is 5.53. The van der Waals surface area contributed by atoms with Crippen molar-refractivity contribution in [2.75, 3.05) is 22.9 Å². The lowest BCUT2D eigenvalue weighted by molar-refractivity contribution is -0.114. The highest BCUT2D eigenvalue weighted by Gasteiger charge is 2.05. The van der Waals surface area contributed by atoms with Crippen LogP contribution in [0.3, 0.4) is 0 Å². The molecule has 0 saturated heterocycles. The van der Waals surface area contributed by atoms with Crippen LogP contribution < -0.4 is 10.6 Å². The molecule has 1 aromatic carbocycles. The zero-order valence-corrected chi connectivity index (χ0v) is 11.0. The van der Waals surface area contributed by atoms with E-state index in [0.29, 0.717) is 11.4 Å². The first kappa shape index (κ1) is 14.5. The van der Waals surface area contributed by atoms with Crippen LogP contribution in [0.5, 0.6) is 0 Å². The lowest BCUT2D eigenvalue weighted by Crippen LogP contribution is -2.15. The van der Waals surface area contributed by atoms with E-state index in [4.69, 9.17) is 4.55 Å². The number of carbonyl (C=O) groups excluding carboxylic acids is 1. The fourth-order valence-electron chi connectivity index (χ4n) is 1.41. The van der Waals surface area contributed by atoms with E-state index in [0.717, 1.165) is 5.56 Å². The Morgan fingerprint density at radius 2 is 2.06 bits per heavy atom. The minimum Gasteiger partial charge on any atom is -0.384 e. The molecule has 1 rings (SSSR count). The predicted molar refractivity (Wildman–Crippen MR) is 70.4 cm³/mol. The number of carbonyl (C=O) groups is 1. The number of amides is 1. The maximum absolute atomic E-state index is 10.9. The molecule has 0 aliphatic heterocycles. The molecule has 18 heavy (non-hydrogen) atoms. The van der Waals surface area contributed by atoms with Crippen LogP contribution in [-0.4, -0.2) is 31.2 Å². The average molecular weight is 272 g/mol. The molecule has 0 aliphatic rings. The Morgan fingerprint density at radius 3 is 2.61 bits per heavy atom. The second-order valence-electron chi connectivity index (χ2n) is 3.92. The quantitative estimate of drug-likeness (QED) is 0.701. The summed E-state index contributed by atoms with van der Waals surface area (Å²) >= 11 is 0. The van der Waals surface area contributed by atoms with Crippen LogP contribution in [0, 0.1) is 6.92 Å². The molecule has 0 atom stereocenters. The molecule has 0 unspecified atom stereocenters. The molecule has 3 N–H and O–H groups in total. The van der Waals surface area contributed by atoms with Gasteiger partial charge in [0.25, 0.3) is 10.1 Å². The van der Waals surface area contributed by atoms with E-state index < -0.39 is 10.1 Å². The Hall–Kier alpha value is -1.60. The van der Waals surface area contributed by atoms with E-state index >= 15 is 0 Å². The van der Waals surface area contributed by atoms with Crippen LogP contribution >= 0.6 is 0 Å². The smallest absolute Gasteiger partial charge is 0.266 e. The molecular weight excluding hydrogens is 256 g/mol. The number of nitrogens with one attached hydrogen (secondary N) is 2. The van der Waals surface area contributed by atoms with Crippen molar-refractivity contribution in [1.29, 1.82) is 0 Å². The van der Waals surface area contributed by atoms with Crippen molar-refractivity contribution in [3.8, 4) is 0 Å². The summed E-state index contributed by atoms with van der Waals surface area (Å²) < 4.78 is 29.8. The van der Waals surface area contributed by atoms with Gasteiger partial charge in [-0.25, -0.2) is 0 Å². The molecule has 0 aliphatic carbocycles. The van der Waals surface area contributed by atoms with E-state index in [1.54, 1.807) is 18.2 Å². The molecule has 0 spiro atoms. The minimum absolute atomic E-state index is 0.100. The maximum Gasteiger partial charge on any atom is 0.266 e. The molecule has 0 radical (unpaired) electrons. The van der Waals surface area contributed by atoms with Gasteiger partial charge in [0.2, 0.25) is 5.91 Å². The van der Waals surface area contributed by atoms with Crippen molar-refractivity contribution < 1.29 is 17.8 Å². The van der Waals surface area contributed by atoms with Gasteiger partial charge < -0.3 is 10.6 Å². The Balaban J connectivity index is 2.72. The van der Waals surface area contributed by atoms with Gasteiger partial charge in [-0.05, 0) is 24.6 Å². The summed E-state index contributed by atoms with van der Waals surface area (Å²) in [6, 6.07) is 5.27. The molecule has 0 saturated carbocycles. The maximum atomic E-state index is 10.9. The molecule has 0 heterocycles. The zero-order chi connectivity index (χ0) is 13.8. The highest BCUT2D eigenvalue weighted by Crippen LogP contribution is 2.20. The molecule has 0 aromatic heterocycles. The lowest BCUT2D eigenvalue weighted by atomic mass is 10.2. The van der Waals surface area contributed by atoms with E-state index in [9.17, 15) is 13.2 Å². The van der Waals surface area contributed by atoms with Gasteiger partial charge in [-0.2, -0.15) is 8.42 Å². The van der Waals surface area contributed by atoms with Crippen LogP contribution in [0.15, 0.2) is 18.2 Å². The number of benzene rings is 1. The first-order valence-electron chi connectivity index (χ1n) is 5.35. The summed E-state index contributed by atoms with van der Waals surface area (Å²) in [5.74, 6) is -0.542. The van der Waals surface area contributed by atoms with Gasteiger partial charge >= 0.3 is 0 Å². The Bertz CT molecular complexity index is 540. The third-order valence-corrected chi connectivity index (χ3v) is 2.95. The topological polar surface area (TPSA) is 95.5 Å². The van der Waals surface area contributed by atoms with Crippen molar-refractivity contribution in [2.24, 2.45) is 0 Å². The minimum atomic E-state index is -3.97. The van der Waals surface area contributed by atoms with Crippen LogP contribution in [0.1, 0.15) is 12.5 Å². The summed E-state index contributed by atoms with van der Waals surface area (Å²) in [6.07, 6.45) is 0. The van der Waals surface area contributed by atoms with Crippen LogP contribution in [0.25, 0.3) is 0 Å². The van der Waals surface area contributed by atoms with Crippen molar-refractivity contribution in [3.05, 3.63) is 23.8 Å². The second kappa shape index (κ2) is 5.83. The Labute approximate surface area is 106 Å². The number of rotatable bonds is 5. The van der Waals surface area contributed by atoms with E-state index in [2.05, 4.69) is 10.6 Å². The Kier molecular flexibility index (Phi) is 4.69. The summed E-state index contributed by atoms with van der Waals surface area (Å²) in [7, 11) is -3.97. The summed E-state index contributed by atoms with van der Waals surface area (Å²) in [5.41, 5.74) is 2.26. The number of anilines is 2.